The molecular formula is C21H26N4O. The van der Waals surface area contributed by atoms with Gasteiger partial charge in [0.1, 0.15) is 0 Å². The molecule has 136 valence electrons. The van der Waals surface area contributed by atoms with E-state index in [0.29, 0.717) is 0 Å². The quantitative estimate of drug-likeness (QED) is 0.823. The van der Waals surface area contributed by atoms with E-state index in [1.54, 1.807) is 0 Å². The van der Waals surface area contributed by atoms with Gasteiger partial charge in [0.2, 0.25) is 0 Å². The molecule has 2 aliphatic heterocycles. The van der Waals surface area contributed by atoms with Gasteiger partial charge in [0.25, 0.3) is 0 Å². The van der Waals surface area contributed by atoms with Crippen molar-refractivity contribution in [3.8, 4) is 0 Å². The van der Waals surface area contributed by atoms with Crippen LogP contribution in [0.3, 0.4) is 0 Å². The molecule has 0 radical (unpaired) electrons. The summed E-state index contributed by atoms with van der Waals surface area (Å²) in [6, 6.07) is 16.1. The zero-order valence-corrected chi connectivity index (χ0v) is 15.1. The largest absolute Gasteiger partial charge is 0.368 e. The zero-order chi connectivity index (χ0) is 17.8. The lowest BCUT2D eigenvalue weighted by Crippen LogP contribution is -2.44. The number of hydrogen-bond donors (Lipinski definition) is 2. The van der Waals surface area contributed by atoms with Crippen LogP contribution in [0.15, 0.2) is 48.5 Å². The summed E-state index contributed by atoms with van der Waals surface area (Å²) in [4.78, 5) is 18.1. The maximum atomic E-state index is 13.5. The Morgan fingerprint density at radius 1 is 0.654 bits per heavy atom. The van der Waals surface area contributed by atoms with Crippen molar-refractivity contribution in [1.29, 1.82) is 0 Å². The Labute approximate surface area is 155 Å². The Morgan fingerprint density at radius 3 is 1.46 bits per heavy atom. The average Bonchev–Trinajstić information content (AvgIpc) is 2.74. The van der Waals surface area contributed by atoms with E-state index in [4.69, 9.17) is 0 Å². The molecule has 0 aromatic heterocycles. The Kier molecular flexibility index (Phi) is 5.18. The van der Waals surface area contributed by atoms with Gasteiger partial charge in [-0.15, -0.1) is 0 Å². The third kappa shape index (κ3) is 3.45. The summed E-state index contributed by atoms with van der Waals surface area (Å²) in [6.07, 6.45) is 0. The monoisotopic (exact) mass is 350 g/mol. The summed E-state index contributed by atoms with van der Waals surface area (Å²) < 4.78 is 0. The third-order valence-corrected chi connectivity index (χ3v) is 5.21. The van der Waals surface area contributed by atoms with Gasteiger partial charge in [0, 0.05) is 74.9 Å². The number of carbonyl (C=O) groups excluding carboxylic acids is 1. The number of nitrogens with zero attached hydrogens (tertiary/aromatic N) is 2. The first-order valence-electron chi connectivity index (χ1n) is 9.49. The van der Waals surface area contributed by atoms with Gasteiger partial charge in [-0.3, -0.25) is 4.79 Å². The van der Waals surface area contributed by atoms with E-state index in [9.17, 15) is 4.79 Å². The number of rotatable bonds is 4. The van der Waals surface area contributed by atoms with Crippen LogP contribution in [0.4, 0.5) is 11.4 Å². The molecule has 4 rings (SSSR count). The molecule has 0 atom stereocenters. The molecule has 2 saturated heterocycles. The van der Waals surface area contributed by atoms with E-state index in [1.807, 2.05) is 36.4 Å². The van der Waals surface area contributed by atoms with Gasteiger partial charge < -0.3 is 20.4 Å². The summed E-state index contributed by atoms with van der Waals surface area (Å²) in [7, 11) is 0. The van der Waals surface area contributed by atoms with Crippen LogP contribution in [0.1, 0.15) is 15.9 Å². The Morgan fingerprint density at radius 2 is 1.04 bits per heavy atom. The maximum Gasteiger partial charge on any atom is 0.197 e. The number of carbonyl (C=O) groups is 1. The lowest BCUT2D eigenvalue weighted by molar-refractivity contribution is 0.103. The van der Waals surface area contributed by atoms with Gasteiger partial charge in [-0.25, -0.2) is 0 Å². The minimum atomic E-state index is 0.119. The van der Waals surface area contributed by atoms with Crippen LogP contribution in [0.2, 0.25) is 0 Å². The van der Waals surface area contributed by atoms with Crippen molar-refractivity contribution in [2.45, 2.75) is 0 Å². The molecule has 26 heavy (non-hydrogen) atoms. The predicted molar refractivity (Wildman–Crippen MR) is 106 cm³/mol. The number of nitrogens with one attached hydrogen (secondary N) is 2. The molecular weight excluding hydrogens is 324 g/mol. The summed E-state index contributed by atoms with van der Waals surface area (Å²) in [5, 5.41) is 6.76. The smallest absolute Gasteiger partial charge is 0.197 e. The first-order valence-corrected chi connectivity index (χ1v) is 9.49. The van der Waals surface area contributed by atoms with Crippen molar-refractivity contribution in [3.05, 3.63) is 59.7 Å². The molecule has 2 fully saturated rings. The van der Waals surface area contributed by atoms with E-state index < -0.39 is 0 Å². The SMILES string of the molecule is O=C(c1ccccc1N1CCNCC1)c1ccccc1N1CCNCC1. The second-order valence-electron chi connectivity index (χ2n) is 6.84. The molecule has 2 N–H and O–H groups in total. The van der Waals surface area contributed by atoms with Crippen LogP contribution in [-0.4, -0.2) is 58.1 Å². The highest BCUT2D eigenvalue weighted by Crippen LogP contribution is 2.28. The van der Waals surface area contributed by atoms with Gasteiger partial charge in [-0.1, -0.05) is 24.3 Å². The van der Waals surface area contributed by atoms with Crippen LogP contribution in [0.5, 0.6) is 0 Å². The van der Waals surface area contributed by atoms with Gasteiger partial charge in [0.05, 0.1) is 0 Å². The third-order valence-electron chi connectivity index (χ3n) is 5.21. The van der Waals surface area contributed by atoms with Crippen molar-refractivity contribution in [3.63, 3.8) is 0 Å². The lowest BCUT2D eigenvalue weighted by Gasteiger charge is -2.32. The van der Waals surface area contributed by atoms with Crippen LogP contribution < -0.4 is 20.4 Å². The Hall–Kier alpha value is -2.37. The normalized spacial score (nSPS) is 18.0. The van der Waals surface area contributed by atoms with Crippen LogP contribution in [0, 0.1) is 0 Å². The minimum absolute atomic E-state index is 0.119. The number of hydrogen-bond acceptors (Lipinski definition) is 5. The topological polar surface area (TPSA) is 47.6 Å². The molecule has 0 spiro atoms. The first kappa shape index (κ1) is 17.1. The molecule has 5 heteroatoms. The van der Waals surface area contributed by atoms with Gasteiger partial charge in [-0.05, 0) is 24.3 Å². The van der Waals surface area contributed by atoms with E-state index in [0.717, 1.165) is 74.9 Å². The molecule has 0 unspecified atom stereocenters. The summed E-state index contributed by atoms with van der Waals surface area (Å²) in [5.41, 5.74) is 3.71. The van der Waals surface area contributed by atoms with Crippen molar-refractivity contribution >= 4 is 17.2 Å². The highest BCUT2D eigenvalue weighted by atomic mass is 16.1. The fourth-order valence-electron chi connectivity index (χ4n) is 3.84. The molecule has 0 amide bonds. The molecule has 2 aromatic rings. The van der Waals surface area contributed by atoms with E-state index in [-0.39, 0.29) is 5.78 Å². The average molecular weight is 350 g/mol. The molecule has 2 aromatic carbocycles. The minimum Gasteiger partial charge on any atom is -0.368 e. The van der Waals surface area contributed by atoms with Gasteiger partial charge in [-0.2, -0.15) is 0 Å². The van der Waals surface area contributed by atoms with Crippen molar-refractivity contribution in [2.75, 3.05) is 62.2 Å². The Balaban J connectivity index is 1.68. The van der Waals surface area contributed by atoms with Gasteiger partial charge in [0.15, 0.2) is 5.78 Å². The standard InChI is InChI=1S/C21H26N4O/c26-21(17-5-1-3-7-19(17)24-13-9-22-10-14-24)18-6-2-4-8-20(18)25-15-11-23-12-16-25/h1-8,22-23H,9-16H2. The van der Waals surface area contributed by atoms with Crippen molar-refractivity contribution < 1.29 is 4.79 Å². The molecule has 0 aliphatic carbocycles. The highest BCUT2D eigenvalue weighted by Gasteiger charge is 2.23. The van der Waals surface area contributed by atoms with Crippen LogP contribution in [0.25, 0.3) is 0 Å². The zero-order valence-electron chi connectivity index (χ0n) is 15.1. The number of para-hydroxylation sites is 2. The van der Waals surface area contributed by atoms with Crippen LogP contribution >= 0.6 is 0 Å². The fourth-order valence-corrected chi connectivity index (χ4v) is 3.84. The molecule has 2 aliphatic rings. The number of piperazine rings is 2. The second kappa shape index (κ2) is 7.89. The van der Waals surface area contributed by atoms with E-state index >= 15 is 0 Å². The summed E-state index contributed by atoms with van der Waals surface area (Å²) in [5.74, 6) is 0.119. The van der Waals surface area contributed by atoms with Crippen molar-refractivity contribution in [2.24, 2.45) is 0 Å². The molecule has 5 nitrogen and oxygen atoms in total. The maximum absolute atomic E-state index is 13.5. The lowest BCUT2D eigenvalue weighted by atomic mass is 9.98. The van der Waals surface area contributed by atoms with E-state index in [2.05, 4.69) is 32.6 Å². The molecule has 0 bridgehead atoms. The van der Waals surface area contributed by atoms with Crippen LogP contribution in [-0.2, 0) is 0 Å². The number of ketones is 1. The summed E-state index contributed by atoms with van der Waals surface area (Å²) >= 11 is 0. The fraction of sp³-hybridized carbons (Fsp3) is 0.381. The van der Waals surface area contributed by atoms with E-state index in [1.165, 1.54) is 0 Å². The molecule has 2 heterocycles. The highest BCUT2D eigenvalue weighted by molar-refractivity contribution is 6.15. The van der Waals surface area contributed by atoms with Gasteiger partial charge >= 0.3 is 0 Å². The number of anilines is 2. The number of benzene rings is 2. The predicted octanol–water partition coefficient (Wildman–Crippen LogP) is 1.74. The Bertz CT molecular complexity index is 701. The first-order chi connectivity index (χ1) is 12.8. The summed E-state index contributed by atoms with van der Waals surface area (Å²) in [6.45, 7) is 7.57. The second-order valence-corrected chi connectivity index (χ2v) is 6.84. The molecule has 0 saturated carbocycles. The van der Waals surface area contributed by atoms with Crippen molar-refractivity contribution in [1.82, 2.24) is 10.6 Å².